The van der Waals surface area contributed by atoms with Gasteiger partial charge in [0, 0.05) is 16.3 Å². The van der Waals surface area contributed by atoms with Gasteiger partial charge in [-0.15, -0.1) is 0 Å². The van der Waals surface area contributed by atoms with Crippen LogP contribution in [0.2, 0.25) is 5.02 Å². The topological polar surface area (TPSA) is 66.8 Å². The summed E-state index contributed by atoms with van der Waals surface area (Å²) in [6, 6.07) is 18.9. The van der Waals surface area contributed by atoms with Crippen LogP contribution in [0.15, 0.2) is 72.3 Å². The average Bonchev–Trinajstić information content (AvgIpc) is 3.10. The minimum absolute atomic E-state index is 0.0375. The van der Waals surface area contributed by atoms with Crippen molar-refractivity contribution in [3.63, 3.8) is 0 Å². The lowest BCUT2D eigenvalue weighted by molar-refractivity contribution is -0.132. The van der Waals surface area contributed by atoms with E-state index in [-0.39, 0.29) is 17.3 Å². The van der Waals surface area contributed by atoms with E-state index < -0.39 is 17.7 Å². The number of anilines is 1. The molecule has 1 amide bonds. The lowest BCUT2D eigenvalue weighted by Crippen LogP contribution is -2.30. The van der Waals surface area contributed by atoms with E-state index in [1.165, 1.54) is 4.90 Å². The fraction of sp³-hybridized carbons (Fsp3) is 0.214. The molecule has 0 radical (unpaired) electrons. The Bertz CT molecular complexity index is 1300. The Morgan fingerprint density at radius 2 is 1.74 bits per heavy atom. The fourth-order valence-corrected chi connectivity index (χ4v) is 4.53. The summed E-state index contributed by atoms with van der Waals surface area (Å²) in [5, 5.41) is 11.9. The van der Waals surface area contributed by atoms with Crippen LogP contribution in [-0.4, -0.2) is 23.9 Å². The van der Waals surface area contributed by atoms with Gasteiger partial charge in [-0.3, -0.25) is 14.5 Å². The molecule has 6 heteroatoms. The first-order valence-corrected chi connectivity index (χ1v) is 11.4. The zero-order valence-electron chi connectivity index (χ0n) is 19.5. The maximum atomic E-state index is 13.4. The first-order valence-electron chi connectivity index (χ1n) is 11.0. The molecule has 0 spiro atoms. The molecule has 1 N–H and O–H groups in total. The van der Waals surface area contributed by atoms with Gasteiger partial charge >= 0.3 is 0 Å². The number of carbonyl (C=O) groups is 2. The number of aryl methyl sites for hydroxylation is 1. The highest BCUT2D eigenvalue weighted by Gasteiger charge is 2.47. The molecule has 1 aliphatic rings. The summed E-state index contributed by atoms with van der Waals surface area (Å²) in [6.45, 7) is 5.89. The number of halogens is 1. The number of benzene rings is 3. The molecule has 4 rings (SSSR count). The molecule has 1 atom stereocenters. The molecule has 1 heterocycles. The first-order chi connectivity index (χ1) is 16.2. The summed E-state index contributed by atoms with van der Waals surface area (Å²) >= 11 is 6.25. The zero-order valence-corrected chi connectivity index (χ0v) is 20.3. The van der Waals surface area contributed by atoms with Gasteiger partial charge in [0.25, 0.3) is 11.7 Å². The SMILES string of the molecule is COc1ccc(/C(O)=C2/C(=O)C(=O)N(c3cc(Cl)ccc3C)C2c2ccccc2)cc1C(C)C. The highest BCUT2D eigenvalue weighted by molar-refractivity contribution is 6.52. The van der Waals surface area contributed by atoms with E-state index in [1.54, 1.807) is 43.5 Å². The molecule has 1 fully saturated rings. The van der Waals surface area contributed by atoms with Crippen molar-refractivity contribution in [2.24, 2.45) is 0 Å². The van der Waals surface area contributed by atoms with Gasteiger partial charge in [-0.1, -0.05) is 61.8 Å². The van der Waals surface area contributed by atoms with Crippen LogP contribution >= 0.6 is 11.6 Å². The number of hydrogen-bond acceptors (Lipinski definition) is 4. The number of ether oxygens (including phenoxy) is 1. The van der Waals surface area contributed by atoms with Crippen LogP contribution in [0.5, 0.6) is 5.75 Å². The van der Waals surface area contributed by atoms with E-state index in [9.17, 15) is 14.7 Å². The maximum absolute atomic E-state index is 13.4. The second-order valence-corrected chi connectivity index (χ2v) is 9.06. The van der Waals surface area contributed by atoms with Gasteiger partial charge in [-0.2, -0.15) is 0 Å². The highest BCUT2D eigenvalue weighted by atomic mass is 35.5. The molecule has 3 aromatic carbocycles. The number of aliphatic hydroxyl groups excluding tert-OH is 1. The number of nitrogens with zero attached hydrogens (tertiary/aromatic N) is 1. The maximum Gasteiger partial charge on any atom is 0.300 e. The summed E-state index contributed by atoms with van der Waals surface area (Å²) in [4.78, 5) is 28.1. The predicted molar refractivity (Wildman–Crippen MR) is 134 cm³/mol. The Balaban J connectivity index is 1.97. The van der Waals surface area contributed by atoms with Crippen LogP contribution in [0.1, 0.15) is 48.1 Å². The number of rotatable bonds is 5. The molecule has 0 bridgehead atoms. The third-order valence-electron chi connectivity index (χ3n) is 6.12. The molecule has 5 nitrogen and oxygen atoms in total. The second-order valence-electron chi connectivity index (χ2n) is 8.62. The third-order valence-corrected chi connectivity index (χ3v) is 6.35. The van der Waals surface area contributed by atoms with Gasteiger partial charge in [0.15, 0.2) is 0 Å². The van der Waals surface area contributed by atoms with Crippen LogP contribution < -0.4 is 9.64 Å². The van der Waals surface area contributed by atoms with Crippen molar-refractivity contribution in [2.45, 2.75) is 32.7 Å². The van der Waals surface area contributed by atoms with Crippen molar-refractivity contribution >= 4 is 34.7 Å². The van der Waals surface area contributed by atoms with Gasteiger partial charge in [0.05, 0.1) is 18.7 Å². The molecule has 0 aliphatic carbocycles. The van der Waals surface area contributed by atoms with Crippen molar-refractivity contribution in [2.75, 3.05) is 12.0 Å². The van der Waals surface area contributed by atoms with Gasteiger partial charge < -0.3 is 9.84 Å². The number of aliphatic hydroxyl groups is 1. The lowest BCUT2D eigenvalue weighted by Gasteiger charge is -2.27. The number of Topliss-reactive ketones (excluding diaryl/α,β-unsaturated/α-hetero) is 1. The quantitative estimate of drug-likeness (QED) is 0.263. The largest absolute Gasteiger partial charge is 0.507 e. The van der Waals surface area contributed by atoms with E-state index in [0.29, 0.717) is 27.6 Å². The Morgan fingerprint density at radius 1 is 1.03 bits per heavy atom. The van der Waals surface area contributed by atoms with E-state index in [2.05, 4.69) is 0 Å². The summed E-state index contributed by atoms with van der Waals surface area (Å²) in [7, 11) is 1.59. The van der Waals surface area contributed by atoms with Crippen molar-refractivity contribution in [3.05, 3.63) is 99.6 Å². The highest BCUT2D eigenvalue weighted by Crippen LogP contribution is 2.44. The normalized spacial score (nSPS) is 17.5. The fourth-order valence-electron chi connectivity index (χ4n) is 4.36. The zero-order chi connectivity index (χ0) is 24.6. The molecule has 0 saturated carbocycles. The first kappa shape index (κ1) is 23.6. The van der Waals surface area contributed by atoms with Gasteiger partial charge in [-0.05, 0) is 59.9 Å². The Hall–Kier alpha value is -3.57. The summed E-state index contributed by atoms with van der Waals surface area (Å²) in [5.41, 5.74) is 3.41. The van der Waals surface area contributed by atoms with E-state index in [0.717, 1.165) is 11.1 Å². The van der Waals surface area contributed by atoms with E-state index >= 15 is 0 Å². The number of ketones is 1. The van der Waals surface area contributed by atoms with Crippen LogP contribution in [0.3, 0.4) is 0 Å². The van der Waals surface area contributed by atoms with Gasteiger partial charge in [0.1, 0.15) is 11.5 Å². The number of hydrogen-bond donors (Lipinski definition) is 1. The van der Waals surface area contributed by atoms with Gasteiger partial charge in [-0.25, -0.2) is 0 Å². The number of methoxy groups -OCH3 is 1. The molecule has 34 heavy (non-hydrogen) atoms. The predicted octanol–water partition coefficient (Wildman–Crippen LogP) is 6.41. The van der Waals surface area contributed by atoms with Crippen molar-refractivity contribution < 1.29 is 19.4 Å². The van der Waals surface area contributed by atoms with Crippen LogP contribution in [0.25, 0.3) is 5.76 Å². The van der Waals surface area contributed by atoms with Crippen LogP contribution in [-0.2, 0) is 9.59 Å². The molecule has 3 aromatic rings. The van der Waals surface area contributed by atoms with Gasteiger partial charge in [0.2, 0.25) is 0 Å². The Morgan fingerprint density at radius 3 is 2.38 bits per heavy atom. The number of carbonyl (C=O) groups excluding carboxylic acids is 2. The molecule has 0 aromatic heterocycles. The monoisotopic (exact) mass is 475 g/mol. The summed E-state index contributed by atoms with van der Waals surface area (Å²) < 4.78 is 5.46. The van der Waals surface area contributed by atoms with Crippen LogP contribution in [0, 0.1) is 6.92 Å². The van der Waals surface area contributed by atoms with Crippen molar-refractivity contribution in [1.82, 2.24) is 0 Å². The minimum Gasteiger partial charge on any atom is -0.507 e. The number of amides is 1. The van der Waals surface area contributed by atoms with E-state index in [1.807, 2.05) is 51.1 Å². The Kier molecular flexibility index (Phi) is 6.49. The molecular weight excluding hydrogens is 450 g/mol. The summed E-state index contributed by atoms with van der Waals surface area (Å²) in [5.74, 6) is -0.852. The van der Waals surface area contributed by atoms with Crippen LogP contribution in [0.4, 0.5) is 5.69 Å². The molecular formula is C28H26ClNO4. The standard InChI is InChI=1S/C28H26ClNO4/c1-16(2)21-14-19(11-13-23(21)34-4)26(31)24-25(18-8-6-5-7-9-18)30(28(33)27(24)32)22-15-20(29)12-10-17(22)3/h5-16,25,31H,1-4H3/b26-24-. The Labute approximate surface area is 204 Å². The summed E-state index contributed by atoms with van der Waals surface area (Å²) in [6.07, 6.45) is 0. The smallest absolute Gasteiger partial charge is 0.300 e. The average molecular weight is 476 g/mol. The third kappa shape index (κ3) is 4.08. The second kappa shape index (κ2) is 9.35. The van der Waals surface area contributed by atoms with E-state index in [4.69, 9.17) is 16.3 Å². The van der Waals surface area contributed by atoms with Crippen molar-refractivity contribution in [1.29, 1.82) is 0 Å². The molecule has 1 unspecified atom stereocenters. The van der Waals surface area contributed by atoms with Crippen molar-refractivity contribution in [3.8, 4) is 5.75 Å². The molecule has 1 aliphatic heterocycles. The molecule has 1 saturated heterocycles. The molecule has 174 valence electrons. The minimum atomic E-state index is -0.803. The lowest BCUT2D eigenvalue weighted by atomic mass is 9.93.